The maximum atomic E-state index is 11.7. The number of urea groups is 1. The summed E-state index contributed by atoms with van der Waals surface area (Å²) in [5.74, 6) is 0. The van der Waals surface area contributed by atoms with Gasteiger partial charge in [-0.05, 0) is 19.8 Å². The molecule has 1 aliphatic carbocycles. The van der Waals surface area contributed by atoms with Crippen LogP contribution in [0.3, 0.4) is 0 Å². The molecular weight excluding hydrogens is 236 g/mol. The number of carbonyl (C=O) groups excluding carboxylic acids is 1. The Morgan fingerprint density at radius 1 is 0.895 bits per heavy atom. The van der Waals surface area contributed by atoms with Crippen LogP contribution in [0.1, 0.15) is 77.6 Å². The molecule has 19 heavy (non-hydrogen) atoms. The third-order valence-corrected chi connectivity index (χ3v) is 3.82. The van der Waals surface area contributed by atoms with Crippen LogP contribution >= 0.6 is 0 Å². The van der Waals surface area contributed by atoms with E-state index in [0.717, 1.165) is 12.8 Å². The highest BCUT2D eigenvalue weighted by atomic mass is 16.2. The lowest BCUT2D eigenvalue weighted by Gasteiger charge is -2.19. The van der Waals surface area contributed by atoms with Crippen LogP contribution in [0.4, 0.5) is 4.79 Å². The predicted molar refractivity (Wildman–Crippen MR) is 81.1 cm³/mol. The molecule has 0 aliphatic heterocycles. The summed E-state index contributed by atoms with van der Waals surface area (Å²) in [6.07, 6.45) is 17.8. The zero-order valence-corrected chi connectivity index (χ0v) is 12.4. The summed E-state index contributed by atoms with van der Waals surface area (Å²) >= 11 is 0. The molecular formula is C16H30N2O. The number of hydrogen-bond donors (Lipinski definition) is 2. The lowest BCUT2D eigenvalue weighted by molar-refractivity contribution is 0.237. The fourth-order valence-electron chi connectivity index (χ4n) is 2.69. The number of amides is 2. The summed E-state index contributed by atoms with van der Waals surface area (Å²) in [6.45, 7) is 1.90. The smallest absolute Gasteiger partial charge is 0.318 e. The van der Waals surface area contributed by atoms with Gasteiger partial charge in [-0.25, -0.2) is 4.79 Å². The van der Waals surface area contributed by atoms with E-state index in [9.17, 15) is 4.79 Å². The average molecular weight is 266 g/mol. The molecule has 0 unspecified atom stereocenters. The molecule has 0 spiro atoms. The van der Waals surface area contributed by atoms with E-state index in [1.54, 1.807) is 6.20 Å². The Labute approximate surface area is 118 Å². The fourth-order valence-corrected chi connectivity index (χ4v) is 2.69. The van der Waals surface area contributed by atoms with Crippen LogP contribution in [0.15, 0.2) is 12.3 Å². The van der Waals surface area contributed by atoms with Gasteiger partial charge in [0.25, 0.3) is 0 Å². The Morgan fingerprint density at radius 2 is 1.37 bits per heavy atom. The third-order valence-electron chi connectivity index (χ3n) is 3.82. The van der Waals surface area contributed by atoms with E-state index in [2.05, 4.69) is 10.6 Å². The third kappa shape index (κ3) is 8.68. The molecule has 1 rings (SSSR count). The summed E-state index contributed by atoms with van der Waals surface area (Å²) in [7, 11) is 0. The van der Waals surface area contributed by atoms with Gasteiger partial charge in [-0.1, -0.05) is 63.9 Å². The minimum atomic E-state index is -0.0600. The van der Waals surface area contributed by atoms with Crippen molar-refractivity contribution in [3.05, 3.63) is 12.3 Å². The second-order valence-corrected chi connectivity index (χ2v) is 5.57. The lowest BCUT2D eigenvalue weighted by atomic mass is 9.98. The average Bonchev–Trinajstić information content (AvgIpc) is 2.39. The van der Waals surface area contributed by atoms with Crippen LogP contribution in [0.2, 0.25) is 0 Å². The summed E-state index contributed by atoms with van der Waals surface area (Å²) < 4.78 is 0. The topological polar surface area (TPSA) is 41.1 Å². The van der Waals surface area contributed by atoms with Crippen molar-refractivity contribution in [2.24, 2.45) is 0 Å². The van der Waals surface area contributed by atoms with E-state index in [-0.39, 0.29) is 6.03 Å². The van der Waals surface area contributed by atoms with Gasteiger partial charge in [0, 0.05) is 12.2 Å². The summed E-state index contributed by atoms with van der Waals surface area (Å²) in [6, 6.07) is 0.292. The lowest BCUT2D eigenvalue weighted by Crippen LogP contribution is -2.40. The molecule has 110 valence electrons. The molecule has 0 bridgehead atoms. The van der Waals surface area contributed by atoms with Gasteiger partial charge in [-0.2, -0.15) is 0 Å². The van der Waals surface area contributed by atoms with Gasteiger partial charge in [0.05, 0.1) is 0 Å². The second-order valence-electron chi connectivity index (χ2n) is 5.57. The van der Waals surface area contributed by atoms with Gasteiger partial charge in [-0.15, -0.1) is 0 Å². The van der Waals surface area contributed by atoms with Crippen LogP contribution in [0, 0.1) is 0 Å². The number of carbonyl (C=O) groups is 1. The van der Waals surface area contributed by atoms with Crippen molar-refractivity contribution in [1.82, 2.24) is 10.6 Å². The van der Waals surface area contributed by atoms with Gasteiger partial charge in [0.2, 0.25) is 0 Å². The number of allylic oxidation sites excluding steroid dienone is 1. The van der Waals surface area contributed by atoms with Gasteiger partial charge in [0.15, 0.2) is 0 Å². The fraction of sp³-hybridized carbons (Fsp3) is 0.812. The molecule has 1 fully saturated rings. The minimum Gasteiger partial charge on any atom is -0.335 e. The highest BCUT2D eigenvalue weighted by molar-refractivity contribution is 5.75. The van der Waals surface area contributed by atoms with E-state index >= 15 is 0 Å². The molecule has 0 heterocycles. The van der Waals surface area contributed by atoms with E-state index in [0.29, 0.717) is 6.04 Å². The van der Waals surface area contributed by atoms with Crippen molar-refractivity contribution in [2.45, 2.75) is 83.6 Å². The van der Waals surface area contributed by atoms with E-state index in [1.807, 2.05) is 13.0 Å². The first-order valence-corrected chi connectivity index (χ1v) is 8.01. The molecule has 2 N–H and O–H groups in total. The second kappa shape index (κ2) is 10.9. The Balaban J connectivity index is 2.31. The van der Waals surface area contributed by atoms with Gasteiger partial charge < -0.3 is 10.6 Å². The van der Waals surface area contributed by atoms with Crippen LogP contribution in [-0.4, -0.2) is 12.1 Å². The maximum absolute atomic E-state index is 11.7. The molecule has 0 aromatic carbocycles. The molecule has 0 radical (unpaired) electrons. The molecule has 3 heteroatoms. The number of hydrogen-bond acceptors (Lipinski definition) is 1. The van der Waals surface area contributed by atoms with Crippen molar-refractivity contribution < 1.29 is 4.79 Å². The molecule has 0 aromatic rings. The predicted octanol–water partition coefficient (Wildman–Crippen LogP) is 4.49. The number of rotatable bonds is 2. The van der Waals surface area contributed by atoms with Crippen molar-refractivity contribution >= 4 is 6.03 Å². The Hall–Kier alpha value is -0.990. The van der Waals surface area contributed by atoms with E-state index in [1.165, 1.54) is 57.8 Å². The van der Waals surface area contributed by atoms with Crippen LogP contribution < -0.4 is 10.6 Å². The largest absolute Gasteiger partial charge is 0.335 e. The number of nitrogens with one attached hydrogen (secondary N) is 2. The standard InChI is InChI=1S/C16H30N2O/c1-2-14-17-16(19)18-15-12-10-8-6-4-3-5-7-9-11-13-15/h2,14-15H,3-13H2,1H3,(H2,17,18,19)/b14-2+. The zero-order valence-electron chi connectivity index (χ0n) is 12.4. The van der Waals surface area contributed by atoms with Crippen molar-refractivity contribution in [3.8, 4) is 0 Å². The molecule has 0 saturated heterocycles. The van der Waals surface area contributed by atoms with E-state index in [4.69, 9.17) is 0 Å². The van der Waals surface area contributed by atoms with Crippen molar-refractivity contribution in [3.63, 3.8) is 0 Å². The highest BCUT2D eigenvalue weighted by Gasteiger charge is 2.11. The van der Waals surface area contributed by atoms with Crippen LogP contribution in [-0.2, 0) is 0 Å². The molecule has 3 nitrogen and oxygen atoms in total. The van der Waals surface area contributed by atoms with Crippen molar-refractivity contribution in [1.29, 1.82) is 0 Å². The monoisotopic (exact) mass is 266 g/mol. The first-order chi connectivity index (χ1) is 9.33. The van der Waals surface area contributed by atoms with Crippen molar-refractivity contribution in [2.75, 3.05) is 0 Å². The normalized spacial score (nSPS) is 20.5. The molecule has 1 saturated carbocycles. The van der Waals surface area contributed by atoms with Gasteiger partial charge in [0.1, 0.15) is 0 Å². The van der Waals surface area contributed by atoms with E-state index < -0.39 is 0 Å². The SMILES string of the molecule is C/C=C/NC(=O)NC1CCCCCCCCCCC1. The van der Waals surface area contributed by atoms with Gasteiger partial charge >= 0.3 is 6.03 Å². The first kappa shape index (κ1) is 16.1. The summed E-state index contributed by atoms with van der Waals surface area (Å²) in [5, 5.41) is 5.84. The summed E-state index contributed by atoms with van der Waals surface area (Å²) in [5.41, 5.74) is 0. The van der Waals surface area contributed by atoms with Crippen LogP contribution in [0.5, 0.6) is 0 Å². The molecule has 2 amide bonds. The first-order valence-electron chi connectivity index (χ1n) is 8.01. The molecule has 0 aromatic heterocycles. The minimum absolute atomic E-state index is 0.0600. The quantitative estimate of drug-likeness (QED) is 0.759. The van der Waals surface area contributed by atoms with Crippen LogP contribution in [0.25, 0.3) is 0 Å². The zero-order chi connectivity index (χ0) is 13.8. The Morgan fingerprint density at radius 3 is 1.84 bits per heavy atom. The van der Waals surface area contributed by atoms with Gasteiger partial charge in [-0.3, -0.25) is 0 Å². The summed E-state index contributed by atoms with van der Waals surface area (Å²) in [4.78, 5) is 11.7. The Bertz CT molecular complexity index is 251. The maximum Gasteiger partial charge on any atom is 0.318 e. The Kier molecular flexibility index (Phi) is 9.21. The highest BCUT2D eigenvalue weighted by Crippen LogP contribution is 2.16. The molecule has 0 atom stereocenters. The molecule has 1 aliphatic rings.